The van der Waals surface area contributed by atoms with Gasteiger partial charge in [-0.1, -0.05) is 96.8 Å². The number of carbonyl (C=O) groups is 2. The van der Waals surface area contributed by atoms with Gasteiger partial charge in [-0.05, 0) is 13.3 Å². The van der Waals surface area contributed by atoms with Gasteiger partial charge < -0.3 is 10.8 Å². The van der Waals surface area contributed by atoms with Crippen molar-refractivity contribution >= 4 is 11.8 Å². The average molecular weight is 356 g/mol. The molecule has 0 bridgehead atoms. The van der Waals surface area contributed by atoms with Crippen molar-refractivity contribution in [3.05, 3.63) is 0 Å². The van der Waals surface area contributed by atoms with Crippen LogP contribution in [0.2, 0.25) is 0 Å². The summed E-state index contributed by atoms with van der Waals surface area (Å²) in [7, 11) is 0. The molecule has 0 amide bonds. The lowest BCUT2D eigenvalue weighted by Gasteiger charge is -2.17. The number of carbonyl (C=O) groups excluding carboxylic acids is 1. The van der Waals surface area contributed by atoms with E-state index >= 15 is 0 Å². The third-order valence-corrected chi connectivity index (χ3v) is 5.03. The van der Waals surface area contributed by atoms with E-state index in [2.05, 4.69) is 6.92 Å². The Bertz CT molecular complexity index is 353. The van der Waals surface area contributed by atoms with Gasteiger partial charge in [0, 0.05) is 6.42 Å². The van der Waals surface area contributed by atoms with E-state index in [0.717, 1.165) is 19.3 Å². The third-order valence-electron chi connectivity index (χ3n) is 5.03. The fraction of sp³-hybridized carbons (Fsp3) is 0.905. The minimum absolute atomic E-state index is 0.275. The molecule has 0 aromatic rings. The molecule has 4 heteroatoms. The zero-order valence-electron chi connectivity index (χ0n) is 16.7. The van der Waals surface area contributed by atoms with E-state index in [1.54, 1.807) is 0 Å². The molecule has 25 heavy (non-hydrogen) atoms. The Morgan fingerprint density at radius 2 is 1.04 bits per heavy atom. The van der Waals surface area contributed by atoms with Crippen LogP contribution in [0.25, 0.3) is 0 Å². The molecule has 0 aliphatic heterocycles. The van der Waals surface area contributed by atoms with Crippen molar-refractivity contribution in [1.82, 2.24) is 0 Å². The Morgan fingerprint density at radius 1 is 0.720 bits per heavy atom. The number of carboxylic acid groups (broad SMARTS) is 1. The van der Waals surface area contributed by atoms with E-state index in [1.807, 2.05) is 0 Å². The fourth-order valence-electron chi connectivity index (χ4n) is 3.04. The first kappa shape index (κ1) is 24.1. The minimum atomic E-state index is -1.73. The maximum atomic E-state index is 11.7. The first-order chi connectivity index (χ1) is 11.9. The molecule has 1 atom stereocenters. The molecular weight excluding hydrogens is 314 g/mol. The predicted octanol–water partition coefficient (Wildman–Crippen LogP) is 5.62. The third kappa shape index (κ3) is 13.0. The Kier molecular flexibility index (Phi) is 14.8. The molecule has 148 valence electrons. The lowest BCUT2D eigenvalue weighted by molar-refractivity contribution is -0.147. The number of aliphatic carboxylic acids is 1. The summed E-state index contributed by atoms with van der Waals surface area (Å²) in [6, 6.07) is 0. The summed E-state index contributed by atoms with van der Waals surface area (Å²) in [6.45, 7) is 3.54. The van der Waals surface area contributed by atoms with Crippen molar-refractivity contribution in [3.63, 3.8) is 0 Å². The normalized spacial score (nSPS) is 13.6. The van der Waals surface area contributed by atoms with Crippen molar-refractivity contribution in [1.29, 1.82) is 0 Å². The number of nitrogens with two attached hydrogens (primary N) is 1. The van der Waals surface area contributed by atoms with Crippen LogP contribution in [0.5, 0.6) is 0 Å². The van der Waals surface area contributed by atoms with Gasteiger partial charge in [0.25, 0.3) is 0 Å². The lowest BCUT2D eigenvalue weighted by atomic mass is 9.93. The molecule has 0 aliphatic carbocycles. The minimum Gasteiger partial charge on any atom is -0.480 e. The summed E-state index contributed by atoms with van der Waals surface area (Å²) >= 11 is 0. The van der Waals surface area contributed by atoms with Gasteiger partial charge in [-0.25, -0.2) is 4.79 Å². The van der Waals surface area contributed by atoms with Gasteiger partial charge in [0.15, 0.2) is 11.3 Å². The molecule has 0 aromatic carbocycles. The van der Waals surface area contributed by atoms with E-state index < -0.39 is 11.5 Å². The van der Waals surface area contributed by atoms with Gasteiger partial charge >= 0.3 is 5.97 Å². The van der Waals surface area contributed by atoms with Gasteiger partial charge in [-0.2, -0.15) is 0 Å². The van der Waals surface area contributed by atoms with Crippen molar-refractivity contribution < 1.29 is 14.7 Å². The SMILES string of the molecule is CCCCCCCCCCCCCCCCCC(=O)C(C)(N)C(=O)O. The molecule has 0 radical (unpaired) electrons. The van der Waals surface area contributed by atoms with E-state index in [-0.39, 0.29) is 12.2 Å². The maximum Gasteiger partial charge on any atom is 0.331 e. The van der Waals surface area contributed by atoms with Gasteiger partial charge in [-0.3, -0.25) is 4.79 Å². The van der Waals surface area contributed by atoms with Crippen molar-refractivity contribution in [2.45, 2.75) is 122 Å². The number of ketones is 1. The van der Waals surface area contributed by atoms with Crippen LogP contribution >= 0.6 is 0 Å². The average Bonchev–Trinajstić information content (AvgIpc) is 2.57. The fourth-order valence-corrected chi connectivity index (χ4v) is 3.04. The molecule has 0 heterocycles. The molecule has 0 saturated heterocycles. The monoisotopic (exact) mass is 355 g/mol. The number of hydrogen-bond acceptors (Lipinski definition) is 3. The van der Waals surface area contributed by atoms with Crippen LogP contribution in [0.15, 0.2) is 0 Å². The maximum absolute atomic E-state index is 11.7. The van der Waals surface area contributed by atoms with E-state index in [1.165, 1.54) is 84.0 Å². The highest BCUT2D eigenvalue weighted by molar-refractivity contribution is 6.06. The highest BCUT2D eigenvalue weighted by Gasteiger charge is 2.35. The van der Waals surface area contributed by atoms with Crippen LogP contribution in [-0.2, 0) is 9.59 Å². The molecule has 0 aromatic heterocycles. The lowest BCUT2D eigenvalue weighted by Crippen LogP contribution is -2.52. The first-order valence-corrected chi connectivity index (χ1v) is 10.5. The predicted molar refractivity (Wildman–Crippen MR) is 105 cm³/mol. The van der Waals surface area contributed by atoms with Crippen LogP contribution < -0.4 is 5.73 Å². The number of unbranched alkanes of at least 4 members (excludes halogenated alkanes) is 14. The van der Waals surface area contributed by atoms with Crippen LogP contribution in [0, 0.1) is 0 Å². The van der Waals surface area contributed by atoms with E-state index in [0.29, 0.717) is 0 Å². The molecule has 4 nitrogen and oxygen atoms in total. The van der Waals surface area contributed by atoms with Crippen LogP contribution in [0.4, 0.5) is 0 Å². The highest BCUT2D eigenvalue weighted by Crippen LogP contribution is 2.14. The molecule has 0 saturated carbocycles. The molecule has 1 unspecified atom stereocenters. The van der Waals surface area contributed by atoms with Gasteiger partial charge in [-0.15, -0.1) is 0 Å². The smallest absolute Gasteiger partial charge is 0.331 e. The number of rotatable bonds is 18. The van der Waals surface area contributed by atoms with Crippen LogP contribution in [0.3, 0.4) is 0 Å². The van der Waals surface area contributed by atoms with Crippen molar-refractivity contribution in [3.8, 4) is 0 Å². The molecule has 3 N–H and O–H groups in total. The zero-order chi connectivity index (χ0) is 19.0. The first-order valence-electron chi connectivity index (χ1n) is 10.5. The number of hydrogen-bond donors (Lipinski definition) is 2. The Hall–Kier alpha value is -0.900. The molecule has 0 rings (SSSR count). The van der Waals surface area contributed by atoms with Crippen LogP contribution in [-0.4, -0.2) is 22.4 Å². The Morgan fingerprint density at radius 3 is 1.36 bits per heavy atom. The number of carboxylic acids is 1. The second kappa shape index (κ2) is 15.4. The van der Waals surface area contributed by atoms with E-state index in [4.69, 9.17) is 10.8 Å². The van der Waals surface area contributed by atoms with Gasteiger partial charge in [0.2, 0.25) is 0 Å². The Labute approximate surface area is 154 Å². The standard InChI is InChI=1S/C21H41NO3/c1-3-4-5-6-7-8-9-10-11-12-13-14-15-16-17-18-19(23)21(2,22)20(24)25/h3-18,22H2,1-2H3,(H,24,25). The van der Waals surface area contributed by atoms with Crippen molar-refractivity contribution in [2.24, 2.45) is 5.73 Å². The zero-order valence-corrected chi connectivity index (χ0v) is 16.7. The molecular formula is C21H41NO3. The second-order valence-electron chi connectivity index (χ2n) is 7.63. The van der Waals surface area contributed by atoms with Crippen LogP contribution in [0.1, 0.15) is 117 Å². The largest absolute Gasteiger partial charge is 0.480 e. The van der Waals surface area contributed by atoms with E-state index in [9.17, 15) is 9.59 Å². The summed E-state index contributed by atoms with van der Waals surface area (Å²) in [4.78, 5) is 22.6. The molecule has 0 aliphatic rings. The number of Topliss-reactive ketones (excluding diaryl/α,β-unsaturated/α-hetero) is 1. The topological polar surface area (TPSA) is 80.4 Å². The van der Waals surface area contributed by atoms with Gasteiger partial charge in [0.05, 0.1) is 0 Å². The summed E-state index contributed by atoms with van der Waals surface area (Å²) in [6.07, 6.45) is 19.4. The summed E-state index contributed by atoms with van der Waals surface area (Å²) in [5.74, 6) is -1.60. The molecule has 0 spiro atoms. The van der Waals surface area contributed by atoms with Gasteiger partial charge in [0.1, 0.15) is 0 Å². The quantitative estimate of drug-likeness (QED) is 0.247. The molecule has 0 fully saturated rings. The van der Waals surface area contributed by atoms with Crippen molar-refractivity contribution in [2.75, 3.05) is 0 Å². The Balaban J connectivity index is 3.29. The second-order valence-corrected chi connectivity index (χ2v) is 7.63. The summed E-state index contributed by atoms with van der Waals surface area (Å²) < 4.78 is 0. The summed E-state index contributed by atoms with van der Waals surface area (Å²) in [5.41, 5.74) is 3.79. The summed E-state index contributed by atoms with van der Waals surface area (Å²) in [5, 5.41) is 8.89. The highest BCUT2D eigenvalue weighted by atomic mass is 16.4.